The monoisotopic (exact) mass is 276 g/mol. The van der Waals surface area contributed by atoms with E-state index in [2.05, 4.69) is 0 Å². The molecule has 0 aromatic heterocycles. The van der Waals surface area contributed by atoms with Gasteiger partial charge >= 0.3 is 18.0 Å². The number of carboxylic acids is 2. The highest BCUT2D eigenvalue weighted by atomic mass is 16.5. The first-order valence-corrected chi connectivity index (χ1v) is 5.79. The highest BCUT2D eigenvalue weighted by molar-refractivity contribution is 5.84. The van der Waals surface area contributed by atoms with Crippen LogP contribution in [0.5, 0.6) is 0 Å². The van der Waals surface area contributed by atoms with Gasteiger partial charge in [-0.3, -0.25) is 9.59 Å². The average Bonchev–Trinajstić information content (AvgIpc) is 2.25. The van der Waals surface area contributed by atoms with E-state index in [1.807, 2.05) is 13.8 Å². The van der Waals surface area contributed by atoms with E-state index in [1.54, 1.807) is 0 Å². The normalized spacial score (nSPS) is 10.3. The van der Waals surface area contributed by atoms with Gasteiger partial charge in [0.05, 0.1) is 12.7 Å². The van der Waals surface area contributed by atoms with Crippen molar-refractivity contribution < 1.29 is 29.3 Å². The Labute approximate surface area is 111 Å². The molecule has 0 saturated heterocycles. The zero-order valence-corrected chi connectivity index (χ0v) is 11.3. The summed E-state index contributed by atoms with van der Waals surface area (Å²) in [5.41, 5.74) is 0. The smallest absolute Gasteiger partial charge is 0.323 e. The minimum Gasteiger partial charge on any atom is -0.480 e. The van der Waals surface area contributed by atoms with Gasteiger partial charge in [0.1, 0.15) is 13.1 Å². The molecule has 0 aliphatic carbocycles. The van der Waals surface area contributed by atoms with Crippen molar-refractivity contribution in [2.24, 2.45) is 0 Å². The molecule has 19 heavy (non-hydrogen) atoms. The second-order valence-electron chi connectivity index (χ2n) is 4.27. The Bertz CT molecular complexity index is 315. The van der Waals surface area contributed by atoms with Crippen LogP contribution in [0.15, 0.2) is 0 Å². The summed E-state index contributed by atoms with van der Waals surface area (Å²) in [7, 11) is 1.46. The largest absolute Gasteiger partial charge is 0.480 e. The fourth-order valence-electron chi connectivity index (χ4n) is 1.28. The summed E-state index contributed by atoms with van der Waals surface area (Å²) < 4.78 is 5.26. The van der Waals surface area contributed by atoms with Gasteiger partial charge in [0.25, 0.3) is 0 Å². The van der Waals surface area contributed by atoms with Crippen LogP contribution in [-0.4, -0.2) is 77.4 Å². The number of urea groups is 1. The van der Waals surface area contributed by atoms with Gasteiger partial charge in [0.15, 0.2) is 0 Å². The number of ether oxygens (including phenoxy) is 1. The van der Waals surface area contributed by atoms with E-state index in [4.69, 9.17) is 14.9 Å². The Kier molecular flexibility index (Phi) is 7.50. The maximum Gasteiger partial charge on any atom is 0.323 e. The summed E-state index contributed by atoms with van der Waals surface area (Å²) in [6.07, 6.45) is 0.0256. The number of carbonyl (C=O) groups is 3. The lowest BCUT2D eigenvalue weighted by Gasteiger charge is -2.25. The first-order valence-electron chi connectivity index (χ1n) is 5.79. The summed E-state index contributed by atoms with van der Waals surface area (Å²) in [4.78, 5) is 35.0. The predicted molar refractivity (Wildman–Crippen MR) is 66.0 cm³/mol. The molecule has 0 saturated carbocycles. The lowest BCUT2D eigenvalue weighted by Crippen LogP contribution is -2.46. The predicted octanol–water partition coefficient (Wildman–Crippen LogP) is -0.0656. The molecule has 8 heteroatoms. The van der Waals surface area contributed by atoms with Gasteiger partial charge in [0, 0.05) is 13.6 Å². The molecule has 0 heterocycles. The standard InChI is InChI=1S/C11H20N2O6/c1-8(2)19-5-4-12(3)11(18)13(6-9(14)15)7-10(16)17/h8H,4-7H2,1-3H3,(H,14,15)(H,16,17). The molecular formula is C11H20N2O6. The SMILES string of the molecule is CC(C)OCCN(C)C(=O)N(CC(=O)O)CC(=O)O. The van der Waals surface area contributed by atoms with Gasteiger partial charge < -0.3 is 24.7 Å². The topological polar surface area (TPSA) is 107 Å². The molecule has 2 amide bonds. The first-order chi connectivity index (χ1) is 8.73. The Morgan fingerprint density at radius 1 is 1.11 bits per heavy atom. The number of hydrogen-bond acceptors (Lipinski definition) is 4. The Morgan fingerprint density at radius 3 is 1.95 bits per heavy atom. The van der Waals surface area contributed by atoms with Gasteiger partial charge in [-0.05, 0) is 13.8 Å². The third-order valence-corrected chi connectivity index (χ3v) is 2.13. The first kappa shape index (κ1) is 17.2. The minimum atomic E-state index is -1.26. The van der Waals surface area contributed by atoms with Crippen molar-refractivity contribution >= 4 is 18.0 Å². The molecule has 110 valence electrons. The number of likely N-dealkylation sites (N-methyl/N-ethyl adjacent to an activating group) is 1. The molecule has 0 bridgehead atoms. The highest BCUT2D eigenvalue weighted by Gasteiger charge is 2.22. The fraction of sp³-hybridized carbons (Fsp3) is 0.727. The van der Waals surface area contributed by atoms with Crippen molar-refractivity contribution in [3.63, 3.8) is 0 Å². The van der Waals surface area contributed by atoms with Gasteiger partial charge in [0.2, 0.25) is 0 Å². The van der Waals surface area contributed by atoms with E-state index in [0.717, 1.165) is 4.90 Å². The van der Waals surface area contributed by atoms with Crippen molar-refractivity contribution in [1.82, 2.24) is 9.80 Å². The molecule has 0 spiro atoms. The molecule has 2 N–H and O–H groups in total. The molecule has 0 fully saturated rings. The van der Waals surface area contributed by atoms with Crippen LogP contribution < -0.4 is 0 Å². The minimum absolute atomic E-state index is 0.0256. The molecule has 0 aliphatic rings. The van der Waals surface area contributed by atoms with Crippen molar-refractivity contribution in [2.75, 3.05) is 33.3 Å². The third-order valence-electron chi connectivity index (χ3n) is 2.13. The summed E-state index contributed by atoms with van der Waals surface area (Å²) in [5, 5.41) is 17.3. The Balaban J connectivity index is 4.42. The van der Waals surface area contributed by atoms with Crippen LogP contribution in [0.4, 0.5) is 4.79 Å². The molecule has 0 unspecified atom stereocenters. The highest BCUT2D eigenvalue weighted by Crippen LogP contribution is 1.98. The maximum absolute atomic E-state index is 11.9. The number of aliphatic carboxylic acids is 2. The van der Waals surface area contributed by atoms with E-state index >= 15 is 0 Å². The molecule has 8 nitrogen and oxygen atoms in total. The molecule has 0 aromatic carbocycles. The van der Waals surface area contributed by atoms with E-state index < -0.39 is 31.1 Å². The van der Waals surface area contributed by atoms with E-state index in [0.29, 0.717) is 6.61 Å². The third kappa shape index (κ3) is 7.98. The molecule has 0 atom stereocenters. The average molecular weight is 276 g/mol. The Hall–Kier alpha value is -1.83. The zero-order valence-electron chi connectivity index (χ0n) is 11.3. The van der Waals surface area contributed by atoms with Crippen molar-refractivity contribution in [3.8, 4) is 0 Å². The number of rotatable bonds is 8. The second kappa shape index (κ2) is 8.30. The second-order valence-corrected chi connectivity index (χ2v) is 4.27. The van der Waals surface area contributed by atoms with Crippen LogP contribution in [0.3, 0.4) is 0 Å². The van der Waals surface area contributed by atoms with E-state index in [-0.39, 0.29) is 12.6 Å². The van der Waals surface area contributed by atoms with Crippen molar-refractivity contribution in [1.29, 1.82) is 0 Å². The molecule has 0 rings (SSSR count). The summed E-state index contributed by atoms with van der Waals surface area (Å²) >= 11 is 0. The molecule has 0 aromatic rings. The molecule has 0 radical (unpaired) electrons. The summed E-state index contributed by atoms with van der Waals surface area (Å²) in [6.45, 7) is 2.95. The van der Waals surface area contributed by atoms with Crippen LogP contribution in [0.1, 0.15) is 13.8 Å². The van der Waals surface area contributed by atoms with Crippen LogP contribution in [0.25, 0.3) is 0 Å². The number of nitrogens with zero attached hydrogens (tertiary/aromatic N) is 2. The number of amides is 2. The number of carbonyl (C=O) groups excluding carboxylic acids is 1. The van der Waals surface area contributed by atoms with Gasteiger partial charge in [-0.15, -0.1) is 0 Å². The van der Waals surface area contributed by atoms with Crippen LogP contribution >= 0.6 is 0 Å². The quantitative estimate of drug-likeness (QED) is 0.643. The van der Waals surface area contributed by atoms with Gasteiger partial charge in [-0.25, -0.2) is 4.79 Å². The molecular weight excluding hydrogens is 256 g/mol. The van der Waals surface area contributed by atoms with Crippen LogP contribution in [0, 0.1) is 0 Å². The lowest BCUT2D eigenvalue weighted by atomic mass is 10.4. The molecule has 0 aliphatic heterocycles. The summed E-state index contributed by atoms with van der Waals surface area (Å²) in [6, 6.07) is -0.655. The van der Waals surface area contributed by atoms with E-state index in [1.165, 1.54) is 11.9 Å². The maximum atomic E-state index is 11.9. The van der Waals surface area contributed by atoms with Gasteiger partial charge in [-0.1, -0.05) is 0 Å². The zero-order chi connectivity index (χ0) is 15.0. The fourth-order valence-corrected chi connectivity index (χ4v) is 1.28. The van der Waals surface area contributed by atoms with Gasteiger partial charge in [-0.2, -0.15) is 0 Å². The number of carboxylic acid groups (broad SMARTS) is 2. The van der Waals surface area contributed by atoms with Crippen molar-refractivity contribution in [3.05, 3.63) is 0 Å². The van der Waals surface area contributed by atoms with Crippen molar-refractivity contribution in [2.45, 2.75) is 20.0 Å². The van der Waals surface area contributed by atoms with E-state index in [9.17, 15) is 14.4 Å². The number of hydrogen-bond donors (Lipinski definition) is 2. The summed E-state index contributed by atoms with van der Waals surface area (Å²) in [5.74, 6) is -2.53. The lowest BCUT2D eigenvalue weighted by molar-refractivity contribution is -0.140. The van der Waals surface area contributed by atoms with Crippen LogP contribution in [-0.2, 0) is 14.3 Å². The van der Waals surface area contributed by atoms with Crippen LogP contribution in [0.2, 0.25) is 0 Å². The Morgan fingerprint density at radius 2 is 1.58 bits per heavy atom.